The number of hydrogen-bond acceptors (Lipinski definition) is 9. The number of ether oxygens (including phenoxy) is 1. The van der Waals surface area contributed by atoms with Crippen molar-refractivity contribution >= 4 is 17.2 Å². The van der Waals surface area contributed by atoms with Crippen LogP contribution in [-0.2, 0) is 0 Å². The van der Waals surface area contributed by atoms with Crippen LogP contribution in [0.2, 0.25) is 0 Å². The summed E-state index contributed by atoms with van der Waals surface area (Å²) in [5, 5.41) is 26.5. The number of phenols is 1. The number of rotatable bonds is 5. The summed E-state index contributed by atoms with van der Waals surface area (Å²) in [4.78, 5) is 12.4. The molecule has 0 saturated carbocycles. The number of phenolic OH excluding ortho intramolecular Hbond substituents is 1. The van der Waals surface area contributed by atoms with Crippen LogP contribution in [0.1, 0.15) is 24.4 Å². The maximum atomic E-state index is 9.67. The molecule has 0 spiro atoms. The molecule has 10 nitrogen and oxygen atoms in total. The second-order valence-corrected chi connectivity index (χ2v) is 6.17. The Balaban J connectivity index is 1.69. The fourth-order valence-electron chi connectivity index (χ4n) is 2.73. The molecule has 10 heteroatoms. The number of fused-ring (bicyclic) bond motifs is 1. The Morgan fingerprint density at radius 2 is 2.14 bits per heavy atom. The molecule has 0 amide bonds. The fourth-order valence-corrected chi connectivity index (χ4v) is 2.73. The lowest BCUT2D eigenvalue weighted by atomic mass is 10.2. The average Bonchev–Trinajstić information content (AvgIpc) is 3.17. The molecule has 3 aromatic heterocycles. The van der Waals surface area contributed by atoms with E-state index in [0.29, 0.717) is 28.8 Å². The van der Waals surface area contributed by atoms with Crippen LogP contribution in [0, 0.1) is 11.3 Å². The fraction of sp³-hybridized carbons (Fsp3) is 0.105. The van der Waals surface area contributed by atoms with Crippen molar-refractivity contribution in [1.29, 1.82) is 5.26 Å². The summed E-state index contributed by atoms with van der Waals surface area (Å²) < 4.78 is 7.52. The summed E-state index contributed by atoms with van der Waals surface area (Å²) in [5.41, 5.74) is 6.55. The van der Waals surface area contributed by atoms with Gasteiger partial charge in [0.05, 0.1) is 6.04 Å². The van der Waals surface area contributed by atoms with Gasteiger partial charge < -0.3 is 20.9 Å². The normalized spacial score (nSPS) is 11.7. The van der Waals surface area contributed by atoms with Gasteiger partial charge >= 0.3 is 0 Å². The maximum absolute atomic E-state index is 9.67. The van der Waals surface area contributed by atoms with Crippen LogP contribution >= 0.6 is 0 Å². The molecular formula is C19H16N8O2. The first-order chi connectivity index (χ1) is 14.0. The second-order valence-electron chi connectivity index (χ2n) is 6.17. The number of benzene rings is 1. The third kappa shape index (κ3) is 3.57. The number of hydrogen-bond donors (Lipinski definition) is 3. The molecule has 0 aliphatic carbocycles. The van der Waals surface area contributed by atoms with Crippen molar-refractivity contribution in [3.05, 3.63) is 60.3 Å². The quantitative estimate of drug-likeness (QED) is 0.469. The Bertz CT molecular complexity index is 1230. The Labute approximate surface area is 165 Å². The van der Waals surface area contributed by atoms with Gasteiger partial charge in [0.1, 0.15) is 46.6 Å². The monoisotopic (exact) mass is 388 g/mol. The van der Waals surface area contributed by atoms with E-state index in [1.165, 1.54) is 12.4 Å². The van der Waals surface area contributed by atoms with Crippen LogP contribution in [-0.4, -0.2) is 29.7 Å². The first kappa shape index (κ1) is 18.0. The zero-order valence-electron chi connectivity index (χ0n) is 15.3. The van der Waals surface area contributed by atoms with Crippen LogP contribution in [0.25, 0.3) is 5.52 Å². The van der Waals surface area contributed by atoms with E-state index in [-0.39, 0.29) is 17.1 Å². The summed E-state index contributed by atoms with van der Waals surface area (Å²) in [6, 6.07) is 11.6. The Morgan fingerprint density at radius 1 is 1.28 bits per heavy atom. The van der Waals surface area contributed by atoms with Gasteiger partial charge in [-0.3, -0.25) is 0 Å². The van der Waals surface area contributed by atoms with Crippen molar-refractivity contribution in [1.82, 2.24) is 24.6 Å². The Hall–Kier alpha value is -4.39. The number of nitrogen functional groups attached to an aromatic ring is 1. The minimum absolute atomic E-state index is 0.0867. The van der Waals surface area contributed by atoms with E-state index in [0.717, 1.165) is 0 Å². The lowest BCUT2D eigenvalue weighted by molar-refractivity contribution is 0.442. The summed E-state index contributed by atoms with van der Waals surface area (Å²) in [6.07, 6.45) is 3.05. The summed E-state index contributed by atoms with van der Waals surface area (Å²) in [6.45, 7) is 1.82. The predicted molar refractivity (Wildman–Crippen MR) is 104 cm³/mol. The van der Waals surface area contributed by atoms with Gasteiger partial charge in [-0.25, -0.2) is 14.5 Å². The highest BCUT2D eigenvalue weighted by Crippen LogP contribution is 2.28. The topological polar surface area (TPSA) is 147 Å². The number of aromatic hydroxyl groups is 1. The number of anilines is 2. The van der Waals surface area contributed by atoms with Crippen LogP contribution in [0.4, 0.5) is 11.6 Å². The molecule has 3 heterocycles. The molecule has 1 atom stereocenters. The SMILES string of the molecule is CC(Nc1ncnc(N)c1C#N)c1nc(Oc2cccc(O)c2)c2cccn2n1. The minimum Gasteiger partial charge on any atom is -0.508 e. The van der Waals surface area contributed by atoms with Gasteiger partial charge in [0.15, 0.2) is 5.82 Å². The molecule has 4 N–H and O–H groups in total. The van der Waals surface area contributed by atoms with Crippen molar-refractivity contribution in [3.63, 3.8) is 0 Å². The third-order valence-corrected chi connectivity index (χ3v) is 4.13. The van der Waals surface area contributed by atoms with E-state index >= 15 is 0 Å². The van der Waals surface area contributed by atoms with Crippen molar-refractivity contribution in [2.45, 2.75) is 13.0 Å². The maximum Gasteiger partial charge on any atom is 0.247 e. The molecule has 0 fully saturated rings. The molecule has 29 heavy (non-hydrogen) atoms. The van der Waals surface area contributed by atoms with Crippen molar-refractivity contribution in [2.75, 3.05) is 11.1 Å². The largest absolute Gasteiger partial charge is 0.508 e. The molecule has 1 aromatic carbocycles. The molecule has 144 valence electrons. The molecule has 0 radical (unpaired) electrons. The number of nitrogens with one attached hydrogen (secondary N) is 1. The summed E-state index contributed by atoms with van der Waals surface area (Å²) >= 11 is 0. The minimum atomic E-state index is -0.422. The molecule has 4 aromatic rings. The lowest BCUT2D eigenvalue weighted by Crippen LogP contribution is -2.15. The van der Waals surface area contributed by atoms with E-state index in [1.54, 1.807) is 28.9 Å². The molecule has 0 aliphatic heterocycles. The highest BCUT2D eigenvalue weighted by atomic mass is 16.5. The first-order valence-electron chi connectivity index (χ1n) is 8.64. The zero-order valence-corrected chi connectivity index (χ0v) is 15.3. The van der Waals surface area contributed by atoms with Crippen molar-refractivity contribution in [2.24, 2.45) is 0 Å². The number of nitrogens with two attached hydrogens (primary N) is 1. The zero-order chi connectivity index (χ0) is 20.4. The summed E-state index contributed by atoms with van der Waals surface area (Å²) in [7, 11) is 0. The van der Waals surface area contributed by atoms with Gasteiger partial charge in [-0.1, -0.05) is 6.07 Å². The summed E-state index contributed by atoms with van der Waals surface area (Å²) in [5.74, 6) is 1.63. The van der Waals surface area contributed by atoms with Gasteiger partial charge in [-0.15, -0.1) is 0 Å². The van der Waals surface area contributed by atoms with Crippen molar-refractivity contribution < 1.29 is 9.84 Å². The number of aromatic nitrogens is 5. The van der Waals surface area contributed by atoms with E-state index in [9.17, 15) is 10.4 Å². The van der Waals surface area contributed by atoms with Crippen LogP contribution < -0.4 is 15.8 Å². The molecular weight excluding hydrogens is 372 g/mol. The van der Waals surface area contributed by atoms with Crippen molar-refractivity contribution in [3.8, 4) is 23.4 Å². The van der Waals surface area contributed by atoms with E-state index in [4.69, 9.17) is 10.5 Å². The average molecular weight is 388 g/mol. The molecule has 1 unspecified atom stereocenters. The van der Waals surface area contributed by atoms with Gasteiger partial charge in [0, 0.05) is 12.3 Å². The van der Waals surface area contributed by atoms with Gasteiger partial charge in [-0.2, -0.15) is 15.3 Å². The van der Waals surface area contributed by atoms with Gasteiger partial charge in [-0.05, 0) is 31.2 Å². The smallest absolute Gasteiger partial charge is 0.247 e. The highest BCUT2D eigenvalue weighted by Gasteiger charge is 2.18. The standard InChI is InChI=1S/C19H16N8O2/c1-11(24-18-14(9-20)16(21)22-10-23-18)17-25-19(15-6-3-7-27(15)26-17)29-13-5-2-4-12(28)8-13/h2-8,10-11,28H,1H3,(H3,21,22,23,24). The van der Waals surface area contributed by atoms with E-state index in [1.807, 2.05) is 25.1 Å². The highest BCUT2D eigenvalue weighted by molar-refractivity contribution is 5.62. The van der Waals surface area contributed by atoms with E-state index < -0.39 is 6.04 Å². The van der Waals surface area contributed by atoms with Gasteiger partial charge in [0.25, 0.3) is 0 Å². The van der Waals surface area contributed by atoms with Crippen LogP contribution in [0.15, 0.2) is 48.9 Å². The number of nitriles is 1. The van der Waals surface area contributed by atoms with Crippen LogP contribution in [0.3, 0.4) is 0 Å². The predicted octanol–water partition coefficient (Wildman–Crippen LogP) is 2.64. The Morgan fingerprint density at radius 3 is 2.93 bits per heavy atom. The molecule has 0 aliphatic rings. The third-order valence-electron chi connectivity index (χ3n) is 4.13. The first-order valence-corrected chi connectivity index (χ1v) is 8.64. The Kier molecular flexibility index (Phi) is 4.54. The lowest BCUT2D eigenvalue weighted by Gasteiger charge is -2.16. The molecule has 0 saturated heterocycles. The second kappa shape index (κ2) is 7.32. The number of nitrogens with zero attached hydrogens (tertiary/aromatic N) is 6. The van der Waals surface area contributed by atoms with Crippen LogP contribution in [0.5, 0.6) is 17.4 Å². The molecule has 4 rings (SSSR count). The molecule has 0 bridgehead atoms. The van der Waals surface area contributed by atoms with E-state index in [2.05, 4.69) is 25.4 Å². The van der Waals surface area contributed by atoms with Gasteiger partial charge in [0.2, 0.25) is 5.88 Å².